The average molecular weight is 370 g/mol. The third-order valence-corrected chi connectivity index (χ3v) is 5.14. The number of amides is 1. The summed E-state index contributed by atoms with van der Waals surface area (Å²) in [6, 6.07) is 7.86. The van der Waals surface area contributed by atoms with Crippen molar-refractivity contribution in [2.45, 2.75) is 72.1 Å². The number of aryl methyl sites for hydroxylation is 1. The van der Waals surface area contributed by atoms with Crippen LogP contribution in [0.1, 0.15) is 58.6 Å². The third-order valence-electron chi connectivity index (χ3n) is 5.14. The highest BCUT2D eigenvalue weighted by atomic mass is 16.5. The molecule has 0 radical (unpaired) electrons. The standard InChI is InChI=1S/C22H30N2O3/c1-14(2)27-20(25)19-13-11-17-16-9-7-6-8-15(16)10-12-18(17)24(19)23-21(26)22(3,4)5/h6-9,11,14,18-19H,10,12-13H2,1-5H3,(H,23,26)/t18-,19-/m0/s1. The van der Waals surface area contributed by atoms with E-state index < -0.39 is 11.5 Å². The van der Waals surface area contributed by atoms with Crippen molar-refractivity contribution in [1.82, 2.24) is 10.4 Å². The quantitative estimate of drug-likeness (QED) is 0.828. The molecule has 1 heterocycles. The lowest BCUT2D eigenvalue weighted by atomic mass is 9.80. The van der Waals surface area contributed by atoms with E-state index in [4.69, 9.17) is 4.74 Å². The molecule has 0 fully saturated rings. The lowest BCUT2D eigenvalue weighted by Crippen LogP contribution is -2.61. The first-order valence-corrected chi connectivity index (χ1v) is 9.76. The molecule has 0 saturated carbocycles. The number of rotatable bonds is 3. The van der Waals surface area contributed by atoms with E-state index in [-0.39, 0.29) is 24.0 Å². The predicted molar refractivity (Wildman–Crippen MR) is 106 cm³/mol. The minimum absolute atomic E-state index is 0.0235. The van der Waals surface area contributed by atoms with Gasteiger partial charge in [-0.3, -0.25) is 15.0 Å². The van der Waals surface area contributed by atoms with Crippen molar-refractivity contribution in [2.75, 3.05) is 0 Å². The molecule has 0 aromatic heterocycles. The number of fused-ring (bicyclic) bond motifs is 3. The minimum atomic E-state index is -0.541. The van der Waals surface area contributed by atoms with Crippen molar-refractivity contribution >= 4 is 17.4 Å². The van der Waals surface area contributed by atoms with Crippen LogP contribution in [-0.2, 0) is 20.7 Å². The van der Waals surface area contributed by atoms with Gasteiger partial charge in [-0.2, -0.15) is 5.01 Å². The molecule has 0 bridgehead atoms. The molecule has 5 nitrogen and oxygen atoms in total. The first-order chi connectivity index (χ1) is 12.7. The van der Waals surface area contributed by atoms with Crippen LogP contribution in [0.2, 0.25) is 0 Å². The largest absolute Gasteiger partial charge is 0.462 e. The molecule has 1 aliphatic carbocycles. The number of esters is 1. The molecule has 3 rings (SSSR count). The second-order valence-corrected chi connectivity index (χ2v) is 8.71. The van der Waals surface area contributed by atoms with Crippen LogP contribution in [0.5, 0.6) is 0 Å². The average Bonchev–Trinajstić information content (AvgIpc) is 2.60. The molecule has 1 aromatic rings. The molecule has 0 spiro atoms. The maximum atomic E-state index is 12.7. The summed E-state index contributed by atoms with van der Waals surface area (Å²) in [5.41, 5.74) is 6.24. The number of hydrogen-bond acceptors (Lipinski definition) is 4. The van der Waals surface area contributed by atoms with Crippen molar-refractivity contribution in [2.24, 2.45) is 5.41 Å². The third kappa shape index (κ3) is 4.08. The Kier molecular flexibility index (Phi) is 5.43. The number of carbonyl (C=O) groups excluding carboxylic acids is 2. The Balaban J connectivity index is 1.95. The van der Waals surface area contributed by atoms with Crippen molar-refractivity contribution in [3.8, 4) is 0 Å². The van der Waals surface area contributed by atoms with Gasteiger partial charge in [0.2, 0.25) is 5.91 Å². The number of hydrogen-bond donors (Lipinski definition) is 1. The van der Waals surface area contributed by atoms with Crippen molar-refractivity contribution < 1.29 is 14.3 Å². The minimum Gasteiger partial charge on any atom is -0.462 e. The molecule has 0 saturated heterocycles. The van der Waals surface area contributed by atoms with E-state index in [1.807, 2.05) is 45.7 Å². The number of nitrogens with zero attached hydrogens (tertiary/aromatic N) is 1. The monoisotopic (exact) mass is 370 g/mol. The van der Waals surface area contributed by atoms with Crippen LogP contribution < -0.4 is 5.43 Å². The van der Waals surface area contributed by atoms with Gasteiger partial charge in [0.15, 0.2) is 0 Å². The Bertz CT molecular complexity index is 761. The maximum absolute atomic E-state index is 12.7. The highest BCUT2D eigenvalue weighted by Crippen LogP contribution is 2.38. The summed E-state index contributed by atoms with van der Waals surface area (Å²) in [7, 11) is 0. The summed E-state index contributed by atoms with van der Waals surface area (Å²) < 4.78 is 5.48. The SMILES string of the molecule is CC(C)OC(=O)[C@@H]1CC=C2c3ccccc3CC[C@@H]2N1NC(=O)C(C)(C)C. The Morgan fingerprint density at radius 2 is 1.93 bits per heavy atom. The summed E-state index contributed by atoms with van der Waals surface area (Å²) in [5, 5.41) is 1.85. The first-order valence-electron chi connectivity index (χ1n) is 9.76. The molecule has 27 heavy (non-hydrogen) atoms. The summed E-state index contributed by atoms with van der Waals surface area (Å²) in [4.78, 5) is 25.4. The van der Waals surface area contributed by atoms with Gasteiger partial charge in [0.25, 0.3) is 0 Å². The normalized spacial score (nSPS) is 22.5. The van der Waals surface area contributed by atoms with Crippen LogP contribution in [0.25, 0.3) is 5.57 Å². The first kappa shape index (κ1) is 19.6. The number of carbonyl (C=O) groups is 2. The molecule has 1 aliphatic heterocycles. The summed E-state index contributed by atoms with van der Waals surface area (Å²) >= 11 is 0. The van der Waals surface area contributed by atoms with Crippen LogP contribution in [0.4, 0.5) is 0 Å². The second-order valence-electron chi connectivity index (χ2n) is 8.71. The number of hydrazine groups is 1. The summed E-state index contributed by atoms with van der Waals surface area (Å²) in [6.07, 6.45) is 4.27. The summed E-state index contributed by atoms with van der Waals surface area (Å²) in [5.74, 6) is -0.377. The van der Waals surface area contributed by atoms with Crippen LogP contribution >= 0.6 is 0 Å². The molecule has 1 aromatic carbocycles. The Morgan fingerprint density at radius 3 is 2.59 bits per heavy atom. The Morgan fingerprint density at radius 1 is 1.22 bits per heavy atom. The molecular formula is C22H30N2O3. The number of benzene rings is 1. The molecule has 146 valence electrons. The van der Waals surface area contributed by atoms with Crippen LogP contribution in [0.3, 0.4) is 0 Å². The molecule has 5 heteroatoms. The lowest BCUT2D eigenvalue weighted by Gasteiger charge is -2.44. The van der Waals surface area contributed by atoms with E-state index in [1.54, 1.807) is 0 Å². The fourth-order valence-electron chi connectivity index (χ4n) is 3.71. The van der Waals surface area contributed by atoms with Gasteiger partial charge in [-0.15, -0.1) is 0 Å². The fourth-order valence-corrected chi connectivity index (χ4v) is 3.71. The summed E-state index contributed by atoms with van der Waals surface area (Å²) in [6.45, 7) is 9.32. The van der Waals surface area contributed by atoms with Gasteiger partial charge in [-0.1, -0.05) is 51.1 Å². The van der Waals surface area contributed by atoms with E-state index in [2.05, 4.69) is 29.7 Å². The number of nitrogens with one attached hydrogen (secondary N) is 1. The molecule has 0 unspecified atom stereocenters. The van der Waals surface area contributed by atoms with Gasteiger partial charge >= 0.3 is 5.97 Å². The van der Waals surface area contributed by atoms with Gasteiger partial charge in [0.05, 0.1) is 12.1 Å². The Hall–Kier alpha value is -2.14. The van der Waals surface area contributed by atoms with Crippen molar-refractivity contribution in [3.05, 3.63) is 41.5 Å². The van der Waals surface area contributed by atoms with E-state index >= 15 is 0 Å². The zero-order chi connectivity index (χ0) is 19.8. The topological polar surface area (TPSA) is 58.6 Å². The van der Waals surface area contributed by atoms with E-state index in [0.717, 1.165) is 12.8 Å². The second kappa shape index (κ2) is 7.47. The molecule has 2 aliphatic rings. The van der Waals surface area contributed by atoms with E-state index in [9.17, 15) is 9.59 Å². The van der Waals surface area contributed by atoms with Gasteiger partial charge < -0.3 is 4.74 Å². The van der Waals surface area contributed by atoms with Crippen LogP contribution in [-0.4, -0.2) is 35.1 Å². The zero-order valence-electron chi connectivity index (χ0n) is 16.9. The van der Waals surface area contributed by atoms with Gasteiger partial charge in [0, 0.05) is 5.41 Å². The lowest BCUT2D eigenvalue weighted by molar-refractivity contribution is -0.158. The zero-order valence-corrected chi connectivity index (χ0v) is 16.9. The van der Waals surface area contributed by atoms with E-state index in [0.29, 0.717) is 6.42 Å². The number of ether oxygens (including phenoxy) is 1. The molecule has 1 N–H and O–H groups in total. The molecular weight excluding hydrogens is 340 g/mol. The predicted octanol–water partition coefficient (Wildman–Crippen LogP) is 3.49. The van der Waals surface area contributed by atoms with Gasteiger partial charge in [0.1, 0.15) is 6.04 Å². The van der Waals surface area contributed by atoms with Crippen molar-refractivity contribution in [3.63, 3.8) is 0 Å². The highest BCUT2D eigenvalue weighted by molar-refractivity contribution is 5.84. The van der Waals surface area contributed by atoms with Gasteiger partial charge in [-0.05, 0) is 49.8 Å². The molecule has 1 amide bonds. The fraction of sp³-hybridized carbons (Fsp3) is 0.545. The van der Waals surface area contributed by atoms with Crippen LogP contribution in [0, 0.1) is 5.41 Å². The maximum Gasteiger partial charge on any atom is 0.325 e. The van der Waals surface area contributed by atoms with Crippen LogP contribution in [0.15, 0.2) is 30.3 Å². The molecule has 2 atom stereocenters. The smallest absolute Gasteiger partial charge is 0.325 e. The Labute approximate surface area is 161 Å². The highest BCUT2D eigenvalue weighted by Gasteiger charge is 2.41. The van der Waals surface area contributed by atoms with E-state index in [1.165, 1.54) is 16.7 Å². The van der Waals surface area contributed by atoms with Gasteiger partial charge in [-0.25, -0.2) is 0 Å². The van der Waals surface area contributed by atoms with Crippen molar-refractivity contribution in [1.29, 1.82) is 0 Å².